The predicted molar refractivity (Wildman–Crippen MR) is 57.5 cm³/mol. The van der Waals surface area contributed by atoms with Crippen molar-refractivity contribution in [3.63, 3.8) is 0 Å². The number of halogens is 1. The van der Waals surface area contributed by atoms with Crippen LogP contribution in [0.2, 0.25) is 0 Å². The molecule has 0 aromatic heterocycles. The molecule has 0 radical (unpaired) electrons. The summed E-state index contributed by atoms with van der Waals surface area (Å²) in [5, 5.41) is 0. The van der Waals surface area contributed by atoms with Gasteiger partial charge in [0.25, 0.3) is 0 Å². The number of hydrogen-bond donors (Lipinski definition) is 0. The van der Waals surface area contributed by atoms with Crippen LogP contribution in [-0.2, 0) is 3.83 Å². The van der Waals surface area contributed by atoms with Gasteiger partial charge in [0.1, 0.15) is 0 Å². The molecule has 1 atom stereocenters. The summed E-state index contributed by atoms with van der Waals surface area (Å²) in [5.41, 5.74) is 0. The molecule has 0 rings (SSSR count). The second kappa shape index (κ2) is 9.53. The zero-order valence-electron chi connectivity index (χ0n) is 8.31. The van der Waals surface area contributed by atoms with Crippen LogP contribution in [0.3, 0.4) is 0 Å². The van der Waals surface area contributed by atoms with E-state index < -0.39 is 0 Å². The Balaban J connectivity index is 2.90. The van der Waals surface area contributed by atoms with E-state index in [1.54, 1.807) is 0 Å². The van der Waals surface area contributed by atoms with Crippen molar-refractivity contribution in [1.29, 1.82) is 0 Å². The summed E-state index contributed by atoms with van der Waals surface area (Å²) in [6.45, 7) is 4.35. The second-order valence-corrected chi connectivity index (χ2v) is 3.83. The molecule has 74 valence electrons. The standard InChI is InChI=1S/C10H21BrO/c1-3-4-5-6-7-8-9-10(2)12-11/h10H,3-9H2,1-2H3. The molecular formula is C10H21BrO. The molecule has 0 saturated carbocycles. The van der Waals surface area contributed by atoms with Gasteiger partial charge in [-0.3, -0.25) is 0 Å². The molecule has 0 amide bonds. The predicted octanol–water partition coefficient (Wildman–Crippen LogP) is 4.45. The average Bonchev–Trinajstić information content (AvgIpc) is 2.10. The van der Waals surface area contributed by atoms with Crippen LogP contribution >= 0.6 is 16.3 Å². The van der Waals surface area contributed by atoms with Crippen LogP contribution in [0.5, 0.6) is 0 Å². The first-order chi connectivity index (χ1) is 5.81. The normalized spacial score (nSPS) is 13.2. The highest BCUT2D eigenvalue weighted by molar-refractivity contribution is 9.06. The van der Waals surface area contributed by atoms with Crippen molar-refractivity contribution in [2.45, 2.75) is 64.9 Å². The molecular weight excluding hydrogens is 216 g/mol. The minimum Gasteiger partial charge on any atom is -0.305 e. The third kappa shape index (κ3) is 8.54. The maximum atomic E-state index is 4.99. The van der Waals surface area contributed by atoms with Gasteiger partial charge in [-0.25, -0.2) is 0 Å². The van der Waals surface area contributed by atoms with Crippen LogP contribution in [0.4, 0.5) is 0 Å². The van der Waals surface area contributed by atoms with Gasteiger partial charge in [-0.15, -0.1) is 0 Å². The fourth-order valence-electron chi connectivity index (χ4n) is 1.26. The summed E-state index contributed by atoms with van der Waals surface area (Å²) < 4.78 is 4.99. The zero-order valence-corrected chi connectivity index (χ0v) is 9.90. The van der Waals surface area contributed by atoms with Gasteiger partial charge in [0.2, 0.25) is 0 Å². The molecule has 0 aromatic rings. The Morgan fingerprint density at radius 3 is 2.25 bits per heavy atom. The summed E-state index contributed by atoms with van der Waals surface area (Å²) in [6, 6.07) is 0. The Labute approximate surface area is 85.3 Å². The Morgan fingerprint density at radius 1 is 1.08 bits per heavy atom. The molecule has 2 heteroatoms. The van der Waals surface area contributed by atoms with Gasteiger partial charge in [0.05, 0.1) is 22.4 Å². The largest absolute Gasteiger partial charge is 0.305 e. The maximum absolute atomic E-state index is 4.99. The van der Waals surface area contributed by atoms with Gasteiger partial charge in [-0.05, 0) is 13.3 Å². The van der Waals surface area contributed by atoms with Gasteiger partial charge in [0.15, 0.2) is 0 Å². The van der Waals surface area contributed by atoms with E-state index in [4.69, 9.17) is 3.83 Å². The molecule has 0 heterocycles. The topological polar surface area (TPSA) is 9.23 Å². The van der Waals surface area contributed by atoms with Crippen molar-refractivity contribution >= 4 is 16.3 Å². The lowest BCUT2D eigenvalue weighted by atomic mass is 10.1. The molecule has 0 spiro atoms. The molecule has 1 nitrogen and oxygen atoms in total. The van der Waals surface area contributed by atoms with E-state index in [-0.39, 0.29) is 0 Å². The summed E-state index contributed by atoms with van der Waals surface area (Å²) in [6.07, 6.45) is 9.74. The van der Waals surface area contributed by atoms with E-state index in [0.717, 1.165) is 0 Å². The Bertz CT molecular complexity index is 85.9. The van der Waals surface area contributed by atoms with E-state index in [2.05, 4.69) is 30.1 Å². The Kier molecular flexibility index (Phi) is 9.88. The summed E-state index contributed by atoms with van der Waals surface area (Å²) in [7, 11) is 0. The van der Waals surface area contributed by atoms with Crippen molar-refractivity contribution < 1.29 is 3.83 Å². The van der Waals surface area contributed by atoms with Crippen LogP contribution in [0.1, 0.15) is 58.8 Å². The van der Waals surface area contributed by atoms with Crippen LogP contribution in [0.25, 0.3) is 0 Å². The lowest BCUT2D eigenvalue weighted by molar-refractivity contribution is 0.262. The molecule has 1 unspecified atom stereocenters. The molecule has 0 aromatic carbocycles. The van der Waals surface area contributed by atoms with Crippen LogP contribution < -0.4 is 0 Å². The van der Waals surface area contributed by atoms with Crippen LogP contribution in [0, 0.1) is 0 Å². The smallest absolute Gasteiger partial charge is 0.0990 e. The third-order valence-electron chi connectivity index (χ3n) is 2.12. The van der Waals surface area contributed by atoms with E-state index in [9.17, 15) is 0 Å². The molecule has 0 bridgehead atoms. The SMILES string of the molecule is CCCCCCCCC(C)OBr. The fraction of sp³-hybridized carbons (Fsp3) is 1.00. The highest BCUT2D eigenvalue weighted by atomic mass is 79.9. The minimum atomic E-state index is 0.371. The lowest BCUT2D eigenvalue weighted by Crippen LogP contribution is -1.99. The highest BCUT2D eigenvalue weighted by Gasteiger charge is 1.98. The number of rotatable bonds is 8. The first-order valence-electron chi connectivity index (χ1n) is 5.08. The third-order valence-corrected chi connectivity index (χ3v) is 2.75. The highest BCUT2D eigenvalue weighted by Crippen LogP contribution is 2.11. The first kappa shape index (κ1) is 12.4. The minimum absolute atomic E-state index is 0.371. The van der Waals surface area contributed by atoms with Gasteiger partial charge in [0, 0.05) is 0 Å². The van der Waals surface area contributed by atoms with Gasteiger partial charge >= 0.3 is 0 Å². The van der Waals surface area contributed by atoms with E-state index in [1.165, 1.54) is 44.9 Å². The second-order valence-electron chi connectivity index (χ2n) is 3.46. The van der Waals surface area contributed by atoms with E-state index in [1.807, 2.05) is 0 Å². The molecule has 0 fully saturated rings. The van der Waals surface area contributed by atoms with Crippen molar-refractivity contribution in [3.8, 4) is 0 Å². The van der Waals surface area contributed by atoms with Crippen molar-refractivity contribution in [2.75, 3.05) is 0 Å². The molecule has 0 saturated heterocycles. The van der Waals surface area contributed by atoms with E-state index >= 15 is 0 Å². The molecule has 0 N–H and O–H groups in total. The molecule has 0 aliphatic carbocycles. The lowest BCUT2D eigenvalue weighted by Gasteiger charge is -2.06. The van der Waals surface area contributed by atoms with Crippen molar-refractivity contribution in [3.05, 3.63) is 0 Å². The van der Waals surface area contributed by atoms with Crippen LogP contribution in [0.15, 0.2) is 0 Å². The number of unbranched alkanes of at least 4 members (excludes halogenated alkanes) is 5. The van der Waals surface area contributed by atoms with Crippen molar-refractivity contribution in [2.24, 2.45) is 0 Å². The van der Waals surface area contributed by atoms with Gasteiger partial charge in [-0.1, -0.05) is 45.4 Å². The van der Waals surface area contributed by atoms with Crippen molar-refractivity contribution in [1.82, 2.24) is 0 Å². The van der Waals surface area contributed by atoms with Crippen LogP contribution in [-0.4, -0.2) is 6.10 Å². The first-order valence-corrected chi connectivity index (χ1v) is 5.73. The Morgan fingerprint density at radius 2 is 1.67 bits per heavy atom. The fourth-order valence-corrected chi connectivity index (χ4v) is 1.44. The molecule has 0 aliphatic rings. The quantitative estimate of drug-likeness (QED) is 0.566. The molecule has 12 heavy (non-hydrogen) atoms. The summed E-state index contributed by atoms with van der Waals surface area (Å²) >= 11 is 3.01. The Hall–Kier alpha value is 0.440. The summed E-state index contributed by atoms with van der Waals surface area (Å²) in [5.74, 6) is 0. The monoisotopic (exact) mass is 236 g/mol. The molecule has 0 aliphatic heterocycles. The summed E-state index contributed by atoms with van der Waals surface area (Å²) in [4.78, 5) is 0. The van der Waals surface area contributed by atoms with Gasteiger partial charge in [-0.2, -0.15) is 0 Å². The zero-order chi connectivity index (χ0) is 9.23. The van der Waals surface area contributed by atoms with E-state index in [0.29, 0.717) is 6.10 Å². The van der Waals surface area contributed by atoms with Gasteiger partial charge < -0.3 is 3.83 Å². The maximum Gasteiger partial charge on any atom is 0.0990 e. The average molecular weight is 237 g/mol. The number of hydrogen-bond acceptors (Lipinski definition) is 1.